The number of piperidine rings is 1. The van der Waals surface area contributed by atoms with Crippen molar-refractivity contribution in [2.45, 2.75) is 50.3 Å². The van der Waals surface area contributed by atoms with Gasteiger partial charge in [0.25, 0.3) is 0 Å². The Morgan fingerprint density at radius 2 is 1.81 bits per heavy atom. The van der Waals surface area contributed by atoms with Crippen LogP contribution >= 0.6 is 0 Å². The molecule has 0 bridgehead atoms. The Morgan fingerprint density at radius 1 is 1.15 bits per heavy atom. The summed E-state index contributed by atoms with van der Waals surface area (Å²) in [4.78, 5) is 4.49. The van der Waals surface area contributed by atoms with Gasteiger partial charge in [0.1, 0.15) is 0 Å². The summed E-state index contributed by atoms with van der Waals surface area (Å²) in [6.45, 7) is 6.04. The van der Waals surface area contributed by atoms with Crippen molar-refractivity contribution in [1.82, 2.24) is 10.3 Å². The second-order valence-electron chi connectivity index (χ2n) is 7.80. The molecular weight excluding hydrogens is 358 g/mol. The molecular formula is C21H26N3O2S-. The molecule has 1 saturated heterocycles. The largest absolute Gasteiger partial charge is 0.772 e. The van der Waals surface area contributed by atoms with E-state index in [9.17, 15) is 8.76 Å². The van der Waals surface area contributed by atoms with Gasteiger partial charge in [-0.05, 0) is 99.1 Å². The van der Waals surface area contributed by atoms with Gasteiger partial charge in [0, 0.05) is 28.7 Å². The van der Waals surface area contributed by atoms with Gasteiger partial charge in [-0.2, -0.15) is 0 Å². The summed E-state index contributed by atoms with van der Waals surface area (Å²) in [6, 6.07) is 10.7. The van der Waals surface area contributed by atoms with Crippen LogP contribution in [0.5, 0.6) is 0 Å². The minimum absolute atomic E-state index is 0.434. The first-order valence-corrected chi connectivity index (χ1v) is 10.7. The minimum atomic E-state index is -2.09. The maximum atomic E-state index is 11.8. The highest BCUT2D eigenvalue weighted by atomic mass is 32.2. The molecule has 0 amide bonds. The van der Waals surface area contributed by atoms with Crippen LogP contribution in [0.4, 0.5) is 5.69 Å². The smallest absolute Gasteiger partial charge is 0.0577 e. The average Bonchev–Trinajstić information content (AvgIpc) is 3.44. The third kappa shape index (κ3) is 3.79. The molecule has 1 aromatic heterocycles. The predicted molar refractivity (Wildman–Crippen MR) is 108 cm³/mol. The van der Waals surface area contributed by atoms with Crippen LogP contribution in [0.25, 0.3) is 11.1 Å². The Bertz CT molecular complexity index is 853. The highest BCUT2D eigenvalue weighted by Crippen LogP contribution is 2.51. The first-order valence-electron chi connectivity index (χ1n) is 9.65. The zero-order chi connectivity index (χ0) is 19.0. The van der Waals surface area contributed by atoms with Crippen LogP contribution in [0, 0.1) is 13.8 Å². The molecule has 1 unspecified atom stereocenters. The van der Waals surface area contributed by atoms with Crippen molar-refractivity contribution in [3.8, 4) is 11.1 Å². The van der Waals surface area contributed by atoms with Gasteiger partial charge < -0.3 is 15.2 Å². The van der Waals surface area contributed by atoms with Crippen LogP contribution in [-0.4, -0.2) is 32.9 Å². The van der Waals surface area contributed by atoms with Crippen LogP contribution in [0.1, 0.15) is 42.6 Å². The first kappa shape index (κ1) is 18.6. The van der Waals surface area contributed by atoms with Gasteiger partial charge in [-0.15, -0.1) is 0 Å². The number of benzene rings is 1. The second-order valence-corrected chi connectivity index (χ2v) is 9.05. The van der Waals surface area contributed by atoms with E-state index < -0.39 is 15.8 Å². The number of aromatic nitrogens is 1. The summed E-state index contributed by atoms with van der Waals surface area (Å²) in [5, 5.41) is 7.10. The molecule has 1 aliphatic heterocycles. The van der Waals surface area contributed by atoms with Crippen molar-refractivity contribution in [1.29, 1.82) is 0 Å². The lowest BCUT2D eigenvalue weighted by atomic mass is 9.97. The number of nitrogens with one attached hydrogen (secondary N) is 2. The highest BCUT2D eigenvalue weighted by molar-refractivity contribution is 7.80. The summed E-state index contributed by atoms with van der Waals surface area (Å²) in [5.74, 6) is 0. The number of hydrogen-bond donors (Lipinski definition) is 2. The lowest BCUT2D eigenvalue weighted by molar-refractivity contribution is 0.479. The average molecular weight is 385 g/mol. The molecule has 0 radical (unpaired) electrons. The van der Waals surface area contributed by atoms with Crippen LogP contribution in [0.2, 0.25) is 0 Å². The van der Waals surface area contributed by atoms with Gasteiger partial charge in [-0.1, -0.05) is 6.07 Å². The van der Waals surface area contributed by atoms with Crippen molar-refractivity contribution < 1.29 is 8.76 Å². The summed E-state index contributed by atoms with van der Waals surface area (Å²) < 4.78 is 22.9. The number of hydrogen-bond acceptors (Lipinski definition) is 5. The fourth-order valence-electron chi connectivity index (χ4n) is 4.03. The molecule has 2 N–H and O–H groups in total. The van der Waals surface area contributed by atoms with Gasteiger partial charge in [-0.25, -0.2) is 0 Å². The zero-order valence-corrected chi connectivity index (χ0v) is 16.7. The van der Waals surface area contributed by atoms with Crippen molar-refractivity contribution in [3.63, 3.8) is 0 Å². The Balaban J connectivity index is 1.77. The summed E-state index contributed by atoms with van der Waals surface area (Å²) in [6.07, 6.45) is 3.59. The second kappa shape index (κ2) is 7.34. The summed E-state index contributed by atoms with van der Waals surface area (Å²) in [5.41, 5.74) is 6.06. The number of aryl methyl sites for hydroxylation is 2. The fourth-order valence-corrected chi connectivity index (χ4v) is 4.79. The third-order valence-corrected chi connectivity index (χ3v) is 6.94. The first-order chi connectivity index (χ1) is 13.0. The van der Waals surface area contributed by atoms with E-state index in [0.717, 1.165) is 59.7 Å². The Hall–Kier alpha value is -1.76. The fraction of sp³-hybridized carbons (Fsp3) is 0.476. The molecule has 144 valence electrons. The zero-order valence-electron chi connectivity index (χ0n) is 15.9. The molecule has 2 fully saturated rings. The van der Waals surface area contributed by atoms with Crippen LogP contribution in [-0.2, 0) is 15.8 Å². The number of nitrogens with zero attached hydrogens (tertiary/aromatic N) is 1. The van der Waals surface area contributed by atoms with Gasteiger partial charge in [0.15, 0.2) is 0 Å². The van der Waals surface area contributed by atoms with Crippen molar-refractivity contribution in [3.05, 3.63) is 47.3 Å². The van der Waals surface area contributed by atoms with E-state index in [4.69, 9.17) is 0 Å². The maximum Gasteiger partial charge on any atom is 0.0577 e. The van der Waals surface area contributed by atoms with E-state index in [1.165, 1.54) is 0 Å². The molecule has 1 atom stereocenters. The van der Waals surface area contributed by atoms with E-state index in [2.05, 4.69) is 39.9 Å². The molecule has 4 rings (SSSR count). The molecule has 5 nitrogen and oxygen atoms in total. The third-order valence-electron chi connectivity index (χ3n) is 5.66. The molecule has 1 aliphatic carbocycles. The maximum absolute atomic E-state index is 11.8. The normalized spacial score (nSPS) is 20.3. The van der Waals surface area contributed by atoms with Gasteiger partial charge in [0.05, 0.1) is 4.75 Å². The molecule has 2 heterocycles. The number of rotatable bonds is 5. The monoisotopic (exact) mass is 384 g/mol. The number of pyridine rings is 1. The van der Waals surface area contributed by atoms with E-state index >= 15 is 0 Å². The molecule has 0 spiro atoms. The molecule has 1 saturated carbocycles. The van der Waals surface area contributed by atoms with E-state index in [1.54, 1.807) is 0 Å². The molecule has 2 aliphatic rings. The minimum Gasteiger partial charge on any atom is -0.772 e. The van der Waals surface area contributed by atoms with E-state index in [-0.39, 0.29) is 0 Å². The quantitative estimate of drug-likeness (QED) is 0.773. The van der Waals surface area contributed by atoms with Gasteiger partial charge in [-0.3, -0.25) is 9.19 Å². The molecule has 1 aromatic carbocycles. The lowest BCUT2D eigenvalue weighted by Crippen LogP contribution is -2.35. The predicted octanol–water partition coefficient (Wildman–Crippen LogP) is 3.40. The van der Waals surface area contributed by atoms with Crippen molar-refractivity contribution >= 4 is 16.8 Å². The van der Waals surface area contributed by atoms with Crippen molar-refractivity contribution in [2.75, 3.05) is 18.4 Å². The highest BCUT2D eigenvalue weighted by Gasteiger charge is 2.46. The molecule has 2 aromatic rings. The Morgan fingerprint density at radius 3 is 2.41 bits per heavy atom. The van der Waals surface area contributed by atoms with Crippen LogP contribution in [0.3, 0.4) is 0 Å². The van der Waals surface area contributed by atoms with E-state index in [0.29, 0.717) is 18.9 Å². The van der Waals surface area contributed by atoms with E-state index in [1.807, 2.05) is 19.9 Å². The Kier molecular flexibility index (Phi) is 5.05. The van der Waals surface area contributed by atoms with Crippen molar-refractivity contribution in [2.24, 2.45) is 0 Å². The topological polar surface area (TPSA) is 77.1 Å². The summed E-state index contributed by atoms with van der Waals surface area (Å²) >= 11 is -2.09. The van der Waals surface area contributed by atoms with Crippen LogP contribution < -0.4 is 10.6 Å². The number of anilines is 1. The standard InChI is InChI=1S/C21H27N3O2S/c1-14-11-16(12-15(2)23-14)19-13-17(21(7-8-21)27(25)26)3-4-20(19)24-18-5-9-22-10-6-18/h3-4,11-13,18,22,24H,5-10H2,1-2H3,(H,25,26)/p-1. The molecule has 6 heteroatoms. The summed E-state index contributed by atoms with van der Waals surface area (Å²) in [7, 11) is 0. The van der Waals surface area contributed by atoms with Gasteiger partial charge >= 0.3 is 0 Å². The molecule has 27 heavy (non-hydrogen) atoms. The van der Waals surface area contributed by atoms with Crippen LogP contribution in [0.15, 0.2) is 30.3 Å². The lowest BCUT2D eigenvalue weighted by Gasteiger charge is -2.27. The van der Waals surface area contributed by atoms with Gasteiger partial charge in [0.2, 0.25) is 0 Å². The SMILES string of the molecule is Cc1cc(-c2cc(C3(S(=O)[O-])CC3)ccc2NC2CCNCC2)cc(C)n1. The Labute approximate surface area is 163 Å².